The second-order valence-corrected chi connectivity index (χ2v) is 11.1. The summed E-state index contributed by atoms with van der Waals surface area (Å²) in [5, 5.41) is 11.3. The molecule has 3 saturated carbocycles. The van der Waals surface area contributed by atoms with Crippen LogP contribution in [0.2, 0.25) is 0 Å². The van der Waals surface area contributed by atoms with E-state index in [0.29, 0.717) is 0 Å². The van der Waals surface area contributed by atoms with Crippen molar-refractivity contribution in [1.82, 2.24) is 0 Å². The third-order valence-corrected chi connectivity index (χ3v) is 9.19. The van der Waals surface area contributed by atoms with Gasteiger partial charge in [-0.1, -0.05) is 19.9 Å². The molecule has 0 saturated heterocycles. The molecule has 0 heterocycles. The highest BCUT2D eigenvalue weighted by Gasteiger charge is 2.76. The smallest absolute Gasteiger partial charge is 0.313 e. The van der Waals surface area contributed by atoms with Gasteiger partial charge in [0.15, 0.2) is 11.5 Å². The summed E-state index contributed by atoms with van der Waals surface area (Å²) < 4.78 is 58.7. The summed E-state index contributed by atoms with van der Waals surface area (Å²) in [5.74, 6) is -6.36. The minimum absolute atomic E-state index is 0.0503. The van der Waals surface area contributed by atoms with E-state index in [-0.39, 0.29) is 25.9 Å². The van der Waals surface area contributed by atoms with Crippen LogP contribution in [-0.2, 0) is 23.9 Å². The number of aliphatic hydroxyl groups excluding tert-OH is 1. The summed E-state index contributed by atoms with van der Waals surface area (Å²) in [4.78, 5) is 37.5. The standard InChI is InChI=1S/C26H33F3O6/c1-6-18(32)35-25(5)11-14-13-10-15(27)19-20(28)16(30)8-9-24(19,4)26(13,29)17(31)12-23(14,3)21(25)22(33)34-7-2/h8-9,13-15,17,21,31H,6-7,10-12H2,1-5H3/t13-,14-,15-,17-,21+,23-,24-,25-,26-/m0/s1. The highest BCUT2D eigenvalue weighted by molar-refractivity contribution is 6.04. The summed E-state index contributed by atoms with van der Waals surface area (Å²) in [7, 11) is 0. The maximum Gasteiger partial charge on any atom is 0.313 e. The van der Waals surface area contributed by atoms with E-state index in [1.807, 2.05) is 0 Å². The van der Waals surface area contributed by atoms with E-state index in [1.54, 1.807) is 27.7 Å². The van der Waals surface area contributed by atoms with Crippen LogP contribution in [-0.4, -0.2) is 53.0 Å². The maximum atomic E-state index is 17.3. The van der Waals surface area contributed by atoms with Crippen molar-refractivity contribution in [2.45, 2.75) is 83.8 Å². The fourth-order valence-corrected chi connectivity index (χ4v) is 7.82. The Morgan fingerprint density at radius 3 is 2.43 bits per heavy atom. The van der Waals surface area contributed by atoms with Crippen molar-refractivity contribution in [1.29, 1.82) is 0 Å². The summed E-state index contributed by atoms with van der Waals surface area (Å²) >= 11 is 0. The van der Waals surface area contributed by atoms with Gasteiger partial charge in [0.25, 0.3) is 0 Å². The van der Waals surface area contributed by atoms with Crippen molar-refractivity contribution in [3.8, 4) is 0 Å². The minimum Gasteiger partial charge on any atom is -0.466 e. The Hall–Kier alpha value is -2.16. The van der Waals surface area contributed by atoms with Gasteiger partial charge >= 0.3 is 11.9 Å². The number of ketones is 1. The van der Waals surface area contributed by atoms with Gasteiger partial charge in [0.2, 0.25) is 5.78 Å². The first kappa shape index (κ1) is 25.9. The summed E-state index contributed by atoms with van der Waals surface area (Å²) in [6.07, 6.45) is -2.18. The largest absolute Gasteiger partial charge is 0.466 e. The van der Waals surface area contributed by atoms with E-state index in [2.05, 4.69) is 0 Å². The van der Waals surface area contributed by atoms with Crippen LogP contribution in [0.25, 0.3) is 0 Å². The van der Waals surface area contributed by atoms with Gasteiger partial charge in [-0.2, -0.15) is 0 Å². The first-order valence-electron chi connectivity index (χ1n) is 12.2. The molecule has 0 radical (unpaired) electrons. The molecule has 9 atom stereocenters. The molecule has 4 aliphatic rings. The second-order valence-electron chi connectivity index (χ2n) is 11.1. The zero-order valence-electron chi connectivity index (χ0n) is 20.7. The van der Waals surface area contributed by atoms with E-state index in [9.17, 15) is 23.9 Å². The monoisotopic (exact) mass is 498 g/mol. The lowest BCUT2D eigenvalue weighted by atomic mass is 9.45. The van der Waals surface area contributed by atoms with Gasteiger partial charge in [0.05, 0.1) is 12.7 Å². The van der Waals surface area contributed by atoms with Gasteiger partial charge in [0.1, 0.15) is 17.7 Å². The van der Waals surface area contributed by atoms with E-state index in [1.165, 1.54) is 6.92 Å². The molecular weight excluding hydrogens is 465 g/mol. The Labute approximate surface area is 202 Å². The lowest BCUT2D eigenvalue weighted by molar-refractivity contribution is -0.207. The molecule has 0 aromatic heterocycles. The first-order valence-corrected chi connectivity index (χ1v) is 12.2. The number of aliphatic hydroxyl groups is 1. The first-order chi connectivity index (χ1) is 16.2. The normalized spacial score (nSPS) is 46.5. The highest BCUT2D eigenvalue weighted by atomic mass is 19.2. The minimum atomic E-state index is -2.51. The van der Waals surface area contributed by atoms with Crippen molar-refractivity contribution in [2.24, 2.45) is 28.6 Å². The SMILES string of the molecule is CCOC(=O)[C@@H]1[C@@]2(C)C[C@H](O)[C@@]3(F)[C@@H](C[C@H](F)C4=C(F)C(=O)C=C[C@@]43C)[C@@H]2C[C@]1(C)OC(=O)CC. The van der Waals surface area contributed by atoms with E-state index >= 15 is 8.78 Å². The number of halogens is 3. The fraction of sp³-hybridized carbons (Fsp3) is 0.731. The van der Waals surface area contributed by atoms with Gasteiger partial charge in [-0.05, 0) is 57.4 Å². The average molecular weight is 499 g/mol. The Kier molecular flexibility index (Phi) is 6.06. The molecule has 4 rings (SSSR count). The number of hydrogen-bond donors (Lipinski definition) is 1. The highest BCUT2D eigenvalue weighted by Crippen LogP contribution is 2.71. The third-order valence-electron chi connectivity index (χ3n) is 9.19. The van der Waals surface area contributed by atoms with Gasteiger partial charge in [-0.15, -0.1) is 0 Å². The number of hydrogen-bond acceptors (Lipinski definition) is 6. The van der Waals surface area contributed by atoms with Crippen LogP contribution in [0.1, 0.15) is 60.3 Å². The number of rotatable bonds is 4. The summed E-state index contributed by atoms with van der Waals surface area (Å²) in [6, 6.07) is 0. The van der Waals surface area contributed by atoms with Crippen LogP contribution in [0.15, 0.2) is 23.6 Å². The number of carbonyl (C=O) groups excluding carboxylic acids is 3. The molecule has 0 spiro atoms. The molecule has 0 aliphatic heterocycles. The van der Waals surface area contributed by atoms with E-state index < -0.39 is 87.7 Å². The number of esters is 2. The number of carbonyl (C=O) groups is 3. The van der Waals surface area contributed by atoms with E-state index in [0.717, 1.165) is 12.2 Å². The lowest BCUT2D eigenvalue weighted by Crippen LogP contribution is -2.68. The van der Waals surface area contributed by atoms with Crippen molar-refractivity contribution in [3.63, 3.8) is 0 Å². The molecule has 0 amide bonds. The lowest BCUT2D eigenvalue weighted by Gasteiger charge is -2.62. The van der Waals surface area contributed by atoms with Crippen LogP contribution < -0.4 is 0 Å². The number of alkyl halides is 2. The number of allylic oxidation sites excluding steroid dienone is 4. The van der Waals surface area contributed by atoms with Crippen LogP contribution in [0, 0.1) is 28.6 Å². The van der Waals surface area contributed by atoms with Crippen molar-refractivity contribution < 1.29 is 42.1 Å². The molecule has 0 unspecified atom stereocenters. The number of fused-ring (bicyclic) bond motifs is 5. The zero-order valence-corrected chi connectivity index (χ0v) is 20.7. The molecule has 0 aromatic rings. The predicted octanol–water partition coefficient (Wildman–Crippen LogP) is 4.10. The van der Waals surface area contributed by atoms with Gasteiger partial charge < -0.3 is 14.6 Å². The summed E-state index contributed by atoms with van der Waals surface area (Å²) in [6.45, 7) is 7.95. The molecule has 4 aliphatic carbocycles. The van der Waals surface area contributed by atoms with E-state index in [4.69, 9.17) is 9.47 Å². The molecule has 0 aromatic carbocycles. The van der Waals surface area contributed by atoms with Crippen LogP contribution in [0.3, 0.4) is 0 Å². The quantitative estimate of drug-likeness (QED) is 0.587. The van der Waals surface area contributed by atoms with Crippen LogP contribution in [0.4, 0.5) is 13.2 Å². The Morgan fingerprint density at radius 1 is 1.17 bits per heavy atom. The molecule has 6 nitrogen and oxygen atoms in total. The Bertz CT molecular complexity index is 1020. The third kappa shape index (κ3) is 3.29. The predicted molar refractivity (Wildman–Crippen MR) is 119 cm³/mol. The summed E-state index contributed by atoms with van der Waals surface area (Å²) in [5.41, 5.74) is -7.43. The molecule has 3 fully saturated rings. The van der Waals surface area contributed by atoms with Gasteiger partial charge in [0, 0.05) is 23.3 Å². The van der Waals surface area contributed by atoms with Gasteiger partial charge in [-0.25, -0.2) is 13.2 Å². The van der Waals surface area contributed by atoms with Crippen molar-refractivity contribution in [2.75, 3.05) is 6.61 Å². The van der Waals surface area contributed by atoms with Crippen molar-refractivity contribution in [3.05, 3.63) is 23.6 Å². The van der Waals surface area contributed by atoms with Crippen LogP contribution >= 0.6 is 0 Å². The molecule has 35 heavy (non-hydrogen) atoms. The fourth-order valence-electron chi connectivity index (χ4n) is 7.82. The molecular formula is C26H33F3O6. The Morgan fingerprint density at radius 2 is 1.83 bits per heavy atom. The van der Waals surface area contributed by atoms with Crippen LogP contribution in [0.5, 0.6) is 0 Å². The molecule has 194 valence electrons. The molecule has 0 bridgehead atoms. The average Bonchev–Trinajstić information content (AvgIpc) is 2.99. The Balaban J connectivity index is 1.87. The van der Waals surface area contributed by atoms with Crippen molar-refractivity contribution >= 4 is 17.7 Å². The maximum absolute atomic E-state index is 17.3. The molecule has 9 heteroatoms. The molecule has 1 N–H and O–H groups in total. The topological polar surface area (TPSA) is 89.9 Å². The second kappa shape index (κ2) is 8.18. The van der Waals surface area contributed by atoms with Gasteiger partial charge in [-0.3, -0.25) is 14.4 Å². The zero-order chi connectivity index (χ0) is 26.1. The number of ether oxygens (including phenoxy) is 2.